The maximum atomic E-state index is 6.70. The van der Waals surface area contributed by atoms with Gasteiger partial charge >= 0.3 is 0 Å². The highest BCUT2D eigenvalue weighted by atomic mass is 16.5. The fourth-order valence-electron chi connectivity index (χ4n) is 13.9. The summed E-state index contributed by atoms with van der Waals surface area (Å²) in [6, 6.07) is 131. The van der Waals surface area contributed by atoms with Crippen LogP contribution in [-0.4, -0.2) is 0 Å². The van der Waals surface area contributed by atoms with Crippen LogP contribution in [0, 0.1) is 23.7 Å². The van der Waals surface area contributed by atoms with E-state index in [1.54, 1.807) is 12.2 Å². The molecule has 16 rings (SSSR count). The monoisotopic (exact) mass is 1710 g/mol. The first kappa shape index (κ1) is 87.1. The van der Waals surface area contributed by atoms with Crippen LogP contribution in [0.5, 0.6) is 80.5 Å². The topological polar surface area (TPSA) is 129 Å². The zero-order chi connectivity index (χ0) is 88.0. The molecule has 0 amide bonds. The maximum absolute atomic E-state index is 6.70. The Hall–Kier alpha value is -16.4. The van der Waals surface area contributed by atoms with Gasteiger partial charge in [0.2, 0.25) is 0 Å². The minimum atomic E-state index is 0.180. The molecule has 644 valence electrons. The lowest BCUT2D eigenvalue weighted by atomic mass is 10.1. The normalized spacial score (nSPS) is 10.7. The molecule has 0 saturated heterocycles. The van der Waals surface area contributed by atoms with Crippen LogP contribution in [0.1, 0.15) is 89.0 Å². The van der Waals surface area contributed by atoms with Crippen LogP contribution in [0.25, 0.3) is 0 Å². The van der Waals surface area contributed by atoms with Crippen molar-refractivity contribution in [3.63, 3.8) is 0 Å². The third kappa shape index (κ3) is 28.6. The first-order valence-corrected chi connectivity index (χ1v) is 43.1. The zero-order valence-electron chi connectivity index (χ0n) is 71.9. The van der Waals surface area contributed by atoms with Crippen molar-refractivity contribution in [3.8, 4) is 104 Å². The third-order valence-corrected chi connectivity index (χ3v) is 20.4. The molecule has 14 heteroatoms. The minimum Gasteiger partial charge on any atom is -0.489 e. The van der Waals surface area contributed by atoms with Gasteiger partial charge in [0, 0.05) is 47.5 Å². The Kier molecular flexibility index (Phi) is 31.2. The number of allylic oxidation sites excluding steroid dienone is 2. The second-order valence-electron chi connectivity index (χ2n) is 30.7. The molecule has 0 spiro atoms. The molecule has 0 aliphatic rings. The average molecular weight is 1710 g/mol. The summed E-state index contributed by atoms with van der Waals surface area (Å²) in [6.45, 7) is 4.17. The van der Waals surface area contributed by atoms with Gasteiger partial charge < -0.3 is 66.3 Å². The summed E-state index contributed by atoms with van der Waals surface area (Å²) < 4.78 is 91.0. The predicted molar refractivity (Wildman–Crippen MR) is 507 cm³/mol. The van der Waals surface area contributed by atoms with Gasteiger partial charge in [-0.1, -0.05) is 278 Å². The number of rotatable bonds is 42. The summed E-state index contributed by atoms with van der Waals surface area (Å²) in [5.74, 6) is 21.5. The first-order valence-electron chi connectivity index (χ1n) is 43.1. The van der Waals surface area contributed by atoms with Crippen LogP contribution in [0.2, 0.25) is 0 Å². The lowest BCUT2D eigenvalue weighted by Gasteiger charge is -2.16. The van der Waals surface area contributed by atoms with E-state index in [0.29, 0.717) is 133 Å². The van der Waals surface area contributed by atoms with Crippen molar-refractivity contribution in [3.05, 3.63) is 502 Å². The SMILES string of the molecule is C(#Cc1cccc(OCc2cc(OCc3cc(OCc4ccccc4)cc(OCc4ccccc4)c3)cc(OCc3cc(OCc4ccccc4)cc(OCc4ccccc4)c3)c2)c1)/C=C\C#Cc1cccc(OCc2cc(OCc3cc(OCc4ccccc4)cc(OCc4ccccc4)c3)cc(OCc3cc(OCc4ccccc4)cc(OCc4ccccc4)c3)c2)c1. The Morgan fingerprint density at radius 3 is 0.438 bits per heavy atom. The molecule has 0 unspecified atom stereocenters. The molecular weight excluding hydrogens is 1620 g/mol. The van der Waals surface area contributed by atoms with Gasteiger partial charge in [-0.2, -0.15) is 0 Å². The average Bonchev–Trinajstić information content (AvgIpc) is 0.842. The third-order valence-electron chi connectivity index (χ3n) is 20.4. The van der Waals surface area contributed by atoms with Gasteiger partial charge in [0.1, 0.15) is 173 Å². The molecule has 14 nitrogen and oxygen atoms in total. The predicted octanol–water partition coefficient (Wildman–Crippen LogP) is 25.8. The van der Waals surface area contributed by atoms with E-state index in [0.717, 1.165) is 89.0 Å². The van der Waals surface area contributed by atoms with Crippen LogP contribution in [0.3, 0.4) is 0 Å². The van der Waals surface area contributed by atoms with Crippen molar-refractivity contribution in [2.24, 2.45) is 0 Å². The zero-order valence-corrected chi connectivity index (χ0v) is 71.9. The van der Waals surface area contributed by atoms with Crippen LogP contribution < -0.4 is 66.3 Å². The molecular formula is C116H96O14. The van der Waals surface area contributed by atoms with Crippen LogP contribution in [0.15, 0.2) is 413 Å². The second kappa shape index (κ2) is 46.5. The Labute approximate surface area is 759 Å². The Balaban J connectivity index is 0.598. The van der Waals surface area contributed by atoms with Gasteiger partial charge in [-0.15, -0.1) is 0 Å². The second-order valence-corrected chi connectivity index (χ2v) is 30.7. The van der Waals surface area contributed by atoms with Crippen LogP contribution in [-0.2, 0) is 92.5 Å². The highest BCUT2D eigenvalue weighted by molar-refractivity contribution is 5.49. The smallest absolute Gasteiger partial charge is 0.123 e. The van der Waals surface area contributed by atoms with E-state index >= 15 is 0 Å². The van der Waals surface area contributed by atoms with Crippen molar-refractivity contribution >= 4 is 0 Å². The lowest BCUT2D eigenvalue weighted by molar-refractivity contribution is 0.273. The summed E-state index contributed by atoms with van der Waals surface area (Å²) in [6.07, 6.45) is 3.46. The fourth-order valence-corrected chi connectivity index (χ4v) is 13.9. The van der Waals surface area contributed by atoms with E-state index in [9.17, 15) is 0 Å². The molecule has 0 aromatic heterocycles. The lowest BCUT2D eigenvalue weighted by Crippen LogP contribution is -2.04. The Morgan fingerprint density at radius 2 is 0.277 bits per heavy atom. The van der Waals surface area contributed by atoms with Gasteiger partial charge in [-0.3, -0.25) is 0 Å². The van der Waals surface area contributed by atoms with E-state index in [2.05, 4.69) is 23.7 Å². The number of hydrogen-bond donors (Lipinski definition) is 0. The van der Waals surface area contributed by atoms with Crippen molar-refractivity contribution in [2.75, 3.05) is 0 Å². The number of benzene rings is 16. The highest BCUT2D eigenvalue weighted by Gasteiger charge is 2.16. The first-order chi connectivity index (χ1) is 64.2. The Bertz CT molecular complexity index is 5480. The van der Waals surface area contributed by atoms with Crippen LogP contribution >= 0.6 is 0 Å². The molecule has 0 N–H and O–H groups in total. The van der Waals surface area contributed by atoms with Gasteiger partial charge in [0.25, 0.3) is 0 Å². The Morgan fingerprint density at radius 1 is 0.131 bits per heavy atom. The van der Waals surface area contributed by atoms with E-state index in [1.165, 1.54) is 0 Å². The molecule has 130 heavy (non-hydrogen) atoms. The van der Waals surface area contributed by atoms with Gasteiger partial charge in [0.05, 0.1) is 0 Å². The molecule has 0 bridgehead atoms. The molecule has 0 aliphatic carbocycles. The molecule has 0 saturated carbocycles. The van der Waals surface area contributed by atoms with Crippen molar-refractivity contribution in [1.29, 1.82) is 0 Å². The van der Waals surface area contributed by atoms with E-state index in [-0.39, 0.29) is 39.6 Å². The standard InChI is InChI=1S/C116H96O14/c1(11-31-87-49-29-51-103(53-87)117-81-97-55-113(127-83-99-59-105(119-73-89-33-13-3-14-34-89)67-106(60-99)120-74-90-35-15-4-16-36-90)71-114(56-97)128-84-100-61-107(121-75-91-37-17-5-18-38-91)68-108(62-100)122-76-92-39-19-6-20-40-92)2-12-32-88-50-30-52-104(54-88)118-82-98-57-115(129-85-101-63-109(123-77-93-41-21-7-22-42-93)69-110(64-101)124-78-94-43-23-8-24-44-94)72-116(58-98)130-86-102-65-111(125-79-95-45-25-9-26-46-95)70-112(66-102)126-80-96-47-27-10-28-48-96/h1-10,13-30,33-72H,73-86H2/b2-1-. The van der Waals surface area contributed by atoms with Gasteiger partial charge in [0.15, 0.2) is 0 Å². The molecule has 16 aromatic rings. The highest BCUT2D eigenvalue weighted by Crippen LogP contribution is 2.35. The summed E-state index contributed by atoms with van der Waals surface area (Å²) in [7, 11) is 0. The fraction of sp³-hybridized carbons (Fsp3) is 0.121. The van der Waals surface area contributed by atoms with E-state index in [4.69, 9.17) is 66.3 Å². The van der Waals surface area contributed by atoms with Crippen molar-refractivity contribution < 1.29 is 66.3 Å². The summed E-state index contributed by atoms with van der Waals surface area (Å²) >= 11 is 0. The number of ether oxygens (including phenoxy) is 14. The van der Waals surface area contributed by atoms with E-state index < -0.39 is 0 Å². The van der Waals surface area contributed by atoms with Crippen LogP contribution in [0.4, 0.5) is 0 Å². The molecule has 0 aliphatic heterocycles. The summed E-state index contributed by atoms with van der Waals surface area (Å²) in [4.78, 5) is 0. The molecule has 0 atom stereocenters. The summed E-state index contributed by atoms with van der Waals surface area (Å²) in [5.41, 5.74) is 14.9. The van der Waals surface area contributed by atoms with Gasteiger partial charge in [-0.25, -0.2) is 0 Å². The number of hydrogen-bond acceptors (Lipinski definition) is 14. The maximum Gasteiger partial charge on any atom is 0.123 e. The minimum absolute atomic E-state index is 0.180. The quantitative estimate of drug-likeness (QED) is 0.0337. The largest absolute Gasteiger partial charge is 0.489 e. The summed E-state index contributed by atoms with van der Waals surface area (Å²) in [5, 5.41) is 0. The van der Waals surface area contributed by atoms with Crippen molar-refractivity contribution in [1.82, 2.24) is 0 Å². The molecule has 0 heterocycles. The molecule has 0 fully saturated rings. The molecule has 0 radical (unpaired) electrons. The molecule has 16 aromatic carbocycles. The van der Waals surface area contributed by atoms with Crippen molar-refractivity contribution in [2.45, 2.75) is 92.5 Å². The van der Waals surface area contributed by atoms with E-state index in [1.807, 2.05) is 400 Å². The van der Waals surface area contributed by atoms with Gasteiger partial charge in [-0.05, 0) is 199 Å².